The third kappa shape index (κ3) is 1.57. The van der Waals surface area contributed by atoms with E-state index >= 15 is 0 Å². The predicted octanol–water partition coefficient (Wildman–Crippen LogP) is 3.46. The average molecular weight is 254 g/mol. The topological polar surface area (TPSA) is 29.5 Å². The maximum atomic E-state index is 9.71. The van der Waals surface area contributed by atoms with Crippen LogP contribution in [0.2, 0.25) is 15.1 Å². The van der Waals surface area contributed by atoms with Gasteiger partial charge in [0.1, 0.15) is 5.75 Å². The van der Waals surface area contributed by atoms with Gasteiger partial charge in [0.15, 0.2) is 0 Å². The van der Waals surface area contributed by atoms with Gasteiger partial charge >= 0.3 is 0 Å². The lowest BCUT2D eigenvalue weighted by molar-refractivity contribution is 0.115. The Hall–Kier alpha value is -0.150. The SMILES string of the molecule is OC1CCOc2c(Cl)cc(Cl)c(Cl)c21. The maximum absolute atomic E-state index is 9.71. The normalized spacial score (nSPS) is 20.1. The second kappa shape index (κ2) is 3.78. The molecule has 2 nitrogen and oxygen atoms in total. The monoisotopic (exact) mass is 252 g/mol. The molecule has 0 amide bonds. The van der Waals surface area contributed by atoms with Gasteiger partial charge in [-0.25, -0.2) is 0 Å². The van der Waals surface area contributed by atoms with Crippen LogP contribution in [0.3, 0.4) is 0 Å². The van der Waals surface area contributed by atoms with Crippen LogP contribution in [-0.2, 0) is 0 Å². The number of fused-ring (bicyclic) bond motifs is 1. The minimum atomic E-state index is -0.651. The number of hydrogen-bond acceptors (Lipinski definition) is 2. The Morgan fingerprint density at radius 2 is 2.00 bits per heavy atom. The van der Waals surface area contributed by atoms with Crippen LogP contribution in [-0.4, -0.2) is 11.7 Å². The number of aliphatic hydroxyl groups excluding tert-OH is 1. The summed E-state index contributed by atoms with van der Waals surface area (Å²) in [6.45, 7) is 0.436. The molecule has 0 aromatic heterocycles. The molecule has 0 radical (unpaired) electrons. The fourth-order valence-electron chi connectivity index (χ4n) is 1.46. The zero-order chi connectivity index (χ0) is 10.3. The summed E-state index contributed by atoms with van der Waals surface area (Å²) in [6, 6.07) is 1.52. The van der Waals surface area contributed by atoms with Crippen molar-refractivity contribution in [2.45, 2.75) is 12.5 Å². The minimum Gasteiger partial charge on any atom is -0.491 e. The van der Waals surface area contributed by atoms with Crippen molar-refractivity contribution in [1.82, 2.24) is 0 Å². The van der Waals surface area contributed by atoms with E-state index in [2.05, 4.69) is 0 Å². The highest BCUT2D eigenvalue weighted by atomic mass is 35.5. The molecule has 0 spiro atoms. The Morgan fingerprint density at radius 1 is 1.29 bits per heavy atom. The highest BCUT2D eigenvalue weighted by Gasteiger charge is 2.26. The molecule has 0 fully saturated rings. The smallest absolute Gasteiger partial charge is 0.145 e. The molecule has 1 unspecified atom stereocenters. The molecule has 2 rings (SSSR count). The molecule has 1 aliphatic heterocycles. The van der Waals surface area contributed by atoms with Crippen LogP contribution in [0.15, 0.2) is 6.07 Å². The van der Waals surface area contributed by atoms with Gasteiger partial charge < -0.3 is 9.84 Å². The third-order valence-electron chi connectivity index (χ3n) is 2.13. The first-order chi connectivity index (χ1) is 6.61. The van der Waals surface area contributed by atoms with Gasteiger partial charge in [0, 0.05) is 12.0 Å². The van der Waals surface area contributed by atoms with E-state index in [1.54, 1.807) is 0 Å². The molecule has 0 saturated heterocycles. The lowest BCUT2D eigenvalue weighted by Gasteiger charge is -2.24. The summed E-state index contributed by atoms with van der Waals surface area (Å²) in [5, 5.41) is 10.7. The van der Waals surface area contributed by atoms with E-state index in [4.69, 9.17) is 39.5 Å². The van der Waals surface area contributed by atoms with Gasteiger partial charge in [-0.1, -0.05) is 34.8 Å². The molecule has 1 heterocycles. The van der Waals surface area contributed by atoms with Crippen molar-refractivity contribution in [3.05, 3.63) is 26.7 Å². The first-order valence-corrected chi connectivity index (χ1v) is 5.23. The molecule has 0 saturated carbocycles. The molecule has 1 aromatic rings. The van der Waals surface area contributed by atoms with Crippen LogP contribution < -0.4 is 4.74 Å². The summed E-state index contributed by atoms with van der Waals surface area (Å²) < 4.78 is 5.33. The van der Waals surface area contributed by atoms with Crippen molar-refractivity contribution in [3.63, 3.8) is 0 Å². The Balaban J connectivity index is 2.67. The zero-order valence-corrected chi connectivity index (χ0v) is 9.33. The average Bonchev–Trinajstić information content (AvgIpc) is 2.14. The fraction of sp³-hybridized carbons (Fsp3) is 0.333. The maximum Gasteiger partial charge on any atom is 0.145 e. The Labute approximate surface area is 96.3 Å². The van der Waals surface area contributed by atoms with Gasteiger partial charge in [0.05, 0.1) is 27.8 Å². The summed E-state index contributed by atoms with van der Waals surface area (Å²) in [6.07, 6.45) is -0.147. The molecule has 0 bridgehead atoms. The molecular weight excluding hydrogens is 246 g/mol. The number of ether oxygens (including phenoxy) is 1. The number of halogens is 3. The van der Waals surface area contributed by atoms with E-state index in [0.717, 1.165) is 0 Å². The van der Waals surface area contributed by atoms with Crippen molar-refractivity contribution in [2.75, 3.05) is 6.61 Å². The Morgan fingerprint density at radius 3 is 2.71 bits per heavy atom. The number of benzene rings is 1. The van der Waals surface area contributed by atoms with E-state index in [0.29, 0.717) is 39.4 Å². The second-order valence-electron chi connectivity index (χ2n) is 3.05. The van der Waals surface area contributed by atoms with Gasteiger partial charge in [0.2, 0.25) is 0 Å². The quantitative estimate of drug-likeness (QED) is 0.718. The number of hydrogen-bond donors (Lipinski definition) is 1. The number of rotatable bonds is 0. The van der Waals surface area contributed by atoms with E-state index in [1.807, 2.05) is 0 Å². The third-order valence-corrected chi connectivity index (χ3v) is 3.21. The van der Waals surface area contributed by atoms with Gasteiger partial charge in [-0.2, -0.15) is 0 Å². The summed E-state index contributed by atoms with van der Waals surface area (Å²) >= 11 is 17.7. The summed E-state index contributed by atoms with van der Waals surface area (Å²) in [4.78, 5) is 0. The first kappa shape index (κ1) is 10.4. The largest absolute Gasteiger partial charge is 0.491 e. The van der Waals surface area contributed by atoms with Crippen molar-refractivity contribution < 1.29 is 9.84 Å². The van der Waals surface area contributed by atoms with Gasteiger partial charge in [-0.3, -0.25) is 0 Å². The van der Waals surface area contributed by atoms with Crippen molar-refractivity contribution in [1.29, 1.82) is 0 Å². The van der Waals surface area contributed by atoms with Crippen LogP contribution in [0.4, 0.5) is 0 Å². The van der Waals surface area contributed by atoms with Crippen LogP contribution in [0, 0.1) is 0 Å². The highest BCUT2D eigenvalue weighted by molar-refractivity contribution is 6.44. The Bertz CT molecular complexity index is 379. The molecule has 76 valence electrons. The highest BCUT2D eigenvalue weighted by Crippen LogP contribution is 2.45. The van der Waals surface area contributed by atoms with Gasteiger partial charge in [-0.05, 0) is 6.07 Å². The molecular formula is C9H7Cl3O2. The van der Waals surface area contributed by atoms with Crippen molar-refractivity contribution in [2.24, 2.45) is 0 Å². The van der Waals surface area contributed by atoms with Crippen LogP contribution in [0.25, 0.3) is 0 Å². The zero-order valence-electron chi connectivity index (χ0n) is 7.06. The molecule has 1 N–H and O–H groups in total. The fourth-order valence-corrected chi connectivity index (χ4v) is 2.26. The first-order valence-electron chi connectivity index (χ1n) is 4.09. The van der Waals surface area contributed by atoms with Crippen molar-refractivity contribution in [3.8, 4) is 5.75 Å². The van der Waals surface area contributed by atoms with Gasteiger partial charge in [-0.15, -0.1) is 0 Å². The lowest BCUT2D eigenvalue weighted by Crippen LogP contribution is -2.14. The van der Waals surface area contributed by atoms with Crippen molar-refractivity contribution >= 4 is 34.8 Å². The molecule has 1 aliphatic rings. The van der Waals surface area contributed by atoms with E-state index in [1.165, 1.54) is 6.07 Å². The second-order valence-corrected chi connectivity index (χ2v) is 4.24. The minimum absolute atomic E-state index is 0.318. The lowest BCUT2D eigenvalue weighted by atomic mass is 10.0. The van der Waals surface area contributed by atoms with Gasteiger partial charge in [0.25, 0.3) is 0 Å². The number of aliphatic hydroxyl groups is 1. The van der Waals surface area contributed by atoms with Crippen LogP contribution in [0.5, 0.6) is 5.75 Å². The Kier molecular flexibility index (Phi) is 2.80. The summed E-state index contributed by atoms with van der Waals surface area (Å²) in [5.41, 5.74) is 0.496. The van der Waals surface area contributed by atoms with E-state index < -0.39 is 6.10 Å². The van der Waals surface area contributed by atoms with E-state index in [-0.39, 0.29) is 0 Å². The van der Waals surface area contributed by atoms with Crippen LogP contribution >= 0.6 is 34.8 Å². The molecule has 14 heavy (non-hydrogen) atoms. The standard InChI is InChI=1S/C9H7Cl3O2/c10-4-3-5(11)9-7(8(4)12)6(13)1-2-14-9/h3,6,13H,1-2H2. The predicted molar refractivity (Wildman–Crippen MR) is 56.5 cm³/mol. The molecule has 1 atom stereocenters. The summed E-state index contributed by atoms with van der Waals surface area (Å²) in [5.74, 6) is 0.444. The van der Waals surface area contributed by atoms with Crippen LogP contribution in [0.1, 0.15) is 18.1 Å². The molecule has 5 heteroatoms. The summed E-state index contributed by atoms with van der Waals surface area (Å²) in [7, 11) is 0. The van der Waals surface area contributed by atoms with E-state index in [9.17, 15) is 5.11 Å². The molecule has 1 aromatic carbocycles. The molecule has 0 aliphatic carbocycles.